The summed E-state index contributed by atoms with van der Waals surface area (Å²) in [5.74, 6) is -0.898. The zero-order chi connectivity index (χ0) is 45.7. The summed E-state index contributed by atoms with van der Waals surface area (Å²) in [4.78, 5) is 37.7. The first-order valence-electron chi connectivity index (χ1n) is 25.0. The average Bonchev–Trinajstić information content (AvgIpc) is 3.23. The van der Waals surface area contributed by atoms with Gasteiger partial charge in [0.05, 0.1) is 27.7 Å². The third-order valence-electron chi connectivity index (χ3n) is 10.6. The molecule has 0 aromatic rings. The molecule has 0 saturated carbocycles. The molecule has 0 aliphatic carbocycles. The minimum absolute atomic E-state index is 0.0406. The lowest BCUT2D eigenvalue weighted by Crippen LogP contribution is -2.37. The Morgan fingerprint density at radius 2 is 0.919 bits per heavy atom. The van der Waals surface area contributed by atoms with Gasteiger partial charge in [0.15, 0.2) is 6.10 Å². The Bertz CT molecular complexity index is 1240. The largest absolute Gasteiger partial charge is 0.756 e. The van der Waals surface area contributed by atoms with E-state index in [1.807, 2.05) is 21.1 Å². The normalized spacial score (nSPS) is 14.0. The molecule has 0 aromatic heterocycles. The number of carbonyl (C=O) groups is 2. The molecule has 0 fully saturated rings. The van der Waals surface area contributed by atoms with Crippen LogP contribution in [0.25, 0.3) is 0 Å². The van der Waals surface area contributed by atoms with Crippen LogP contribution in [0.15, 0.2) is 60.8 Å². The van der Waals surface area contributed by atoms with Crippen LogP contribution in [0.4, 0.5) is 0 Å². The maximum atomic E-state index is 12.7. The van der Waals surface area contributed by atoms with Crippen molar-refractivity contribution in [1.82, 2.24) is 0 Å². The number of likely N-dealkylation sites (N-methyl/N-ethyl adjacent to an activating group) is 1. The van der Waals surface area contributed by atoms with Gasteiger partial charge < -0.3 is 27.9 Å². The van der Waals surface area contributed by atoms with Crippen molar-refractivity contribution in [3.05, 3.63) is 60.8 Å². The molecular formula is C52H94NO8P. The highest BCUT2D eigenvalue weighted by atomic mass is 31.2. The predicted octanol–water partition coefficient (Wildman–Crippen LogP) is 14.2. The highest BCUT2D eigenvalue weighted by molar-refractivity contribution is 7.45. The first-order chi connectivity index (χ1) is 30.0. The van der Waals surface area contributed by atoms with Crippen LogP contribution in [-0.4, -0.2) is 70.0 Å². The average molecular weight is 892 g/mol. The molecule has 0 aliphatic rings. The van der Waals surface area contributed by atoms with Crippen LogP contribution < -0.4 is 4.89 Å². The number of allylic oxidation sites excluding steroid dienone is 10. The van der Waals surface area contributed by atoms with E-state index in [2.05, 4.69) is 74.6 Å². The molecule has 2 atom stereocenters. The molecule has 9 nitrogen and oxygen atoms in total. The van der Waals surface area contributed by atoms with E-state index in [1.165, 1.54) is 109 Å². The summed E-state index contributed by atoms with van der Waals surface area (Å²) in [6, 6.07) is 0. The monoisotopic (exact) mass is 892 g/mol. The molecule has 0 aliphatic heterocycles. The van der Waals surface area contributed by atoms with E-state index >= 15 is 0 Å². The molecule has 10 heteroatoms. The predicted molar refractivity (Wildman–Crippen MR) is 259 cm³/mol. The maximum absolute atomic E-state index is 12.7. The van der Waals surface area contributed by atoms with Crippen LogP contribution in [0.2, 0.25) is 0 Å². The standard InChI is InChI=1S/C52H94NO8P/c1-6-8-10-12-14-16-18-20-22-24-25-26-27-29-31-33-35-37-39-41-43-45-52(55)61-50(49-60-62(56,57)59-47-46-53(3,4)5)48-58-51(54)44-42-40-38-36-34-32-30-28-23-21-19-17-15-13-11-9-7-2/h9,11,15,17,21,23,30,32,36,38,50H,6-8,10,12-14,16,18-20,22,24-29,31,33-35,37,39-49H2,1-5H3/b11-9-,17-15-,23-21-,32-30-,38-36-/t50-/m1/s1. The van der Waals surface area contributed by atoms with Crippen molar-refractivity contribution in [2.45, 2.75) is 213 Å². The van der Waals surface area contributed by atoms with Gasteiger partial charge in [0, 0.05) is 12.8 Å². The lowest BCUT2D eigenvalue weighted by molar-refractivity contribution is -0.870. The van der Waals surface area contributed by atoms with Gasteiger partial charge in [0.1, 0.15) is 19.8 Å². The fourth-order valence-corrected chi connectivity index (χ4v) is 7.42. The highest BCUT2D eigenvalue weighted by Gasteiger charge is 2.21. The molecule has 0 spiro atoms. The Labute approximate surface area is 381 Å². The van der Waals surface area contributed by atoms with Gasteiger partial charge in [0.25, 0.3) is 7.82 Å². The number of hydrogen-bond donors (Lipinski definition) is 0. The zero-order valence-corrected chi connectivity index (χ0v) is 41.4. The molecular weight excluding hydrogens is 798 g/mol. The van der Waals surface area contributed by atoms with Crippen molar-refractivity contribution in [3.8, 4) is 0 Å². The quantitative estimate of drug-likeness (QED) is 0.0195. The van der Waals surface area contributed by atoms with E-state index in [0.29, 0.717) is 23.9 Å². The molecule has 62 heavy (non-hydrogen) atoms. The van der Waals surface area contributed by atoms with E-state index < -0.39 is 32.5 Å². The first-order valence-corrected chi connectivity index (χ1v) is 26.5. The number of carbonyl (C=O) groups excluding carboxylic acids is 2. The SMILES string of the molecule is CC/C=C\C/C=C\C/C=C\C/C=C\C/C=C\CCCC(=O)OC[C@H](COP(=O)([O-])OCC[N+](C)(C)C)OC(=O)CCCCCCCCCCCCCCCCCCCCCCC. The van der Waals surface area contributed by atoms with Crippen LogP contribution in [-0.2, 0) is 32.7 Å². The smallest absolute Gasteiger partial charge is 0.306 e. The topological polar surface area (TPSA) is 111 Å². The summed E-state index contributed by atoms with van der Waals surface area (Å²) in [7, 11) is 1.13. The highest BCUT2D eigenvalue weighted by Crippen LogP contribution is 2.38. The molecule has 0 N–H and O–H groups in total. The minimum Gasteiger partial charge on any atom is -0.756 e. The van der Waals surface area contributed by atoms with E-state index in [4.69, 9.17) is 18.5 Å². The van der Waals surface area contributed by atoms with Crippen LogP contribution in [0.3, 0.4) is 0 Å². The number of hydrogen-bond acceptors (Lipinski definition) is 8. The molecule has 0 heterocycles. The van der Waals surface area contributed by atoms with E-state index in [9.17, 15) is 19.0 Å². The third kappa shape index (κ3) is 47.2. The number of nitrogens with zero attached hydrogens (tertiary/aromatic N) is 1. The third-order valence-corrected chi connectivity index (χ3v) is 11.5. The fraction of sp³-hybridized carbons (Fsp3) is 0.769. The van der Waals surface area contributed by atoms with Gasteiger partial charge in [-0.3, -0.25) is 14.2 Å². The number of ether oxygens (including phenoxy) is 2. The van der Waals surface area contributed by atoms with Crippen LogP contribution in [0.5, 0.6) is 0 Å². The fourth-order valence-electron chi connectivity index (χ4n) is 6.69. The number of unbranched alkanes of at least 4 members (excludes halogenated alkanes) is 21. The molecule has 0 amide bonds. The number of quaternary nitrogens is 1. The number of rotatable bonds is 45. The Morgan fingerprint density at radius 1 is 0.516 bits per heavy atom. The van der Waals surface area contributed by atoms with Gasteiger partial charge in [0.2, 0.25) is 0 Å². The van der Waals surface area contributed by atoms with Crippen molar-refractivity contribution >= 4 is 19.8 Å². The second kappa shape index (κ2) is 43.9. The van der Waals surface area contributed by atoms with E-state index in [-0.39, 0.29) is 26.1 Å². The lowest BCUT2D eigenvalue weighted by Gasteiger charge is -2.28. The van der Waals surface area contributed by atoms with Gasteiger partial charge in [-0.05, 0) is 51.4 Å². The summed E-state index contributed by atoms with van der Waals surface area (Å²) in [5.41, 5.74) is 0. The van der Waals surface area contributed by atoms with Crippen molar-refractivity contribution in [2.24, 2.45) is 0 Å². The molecule has 0 rings (SSSR count). The second-order valence-electron chi connectivity index (χ2n) is 17.8. The Balaban J connectivity index is 4.32. The van der Waals surface area contributed by atoms with Crippen LogP contribution >= 0.6 is 7.82 Å². The van der Waals surface area contributed by atoms with Crippen molar-refractivity contribution < 1.29 is 42.1 Å². The van der Waals surface area contributed by atoms with E-state index in [1.54, 1.807) is 0 Å². The Hall–Kier alpha value is -2.29. The summed E-state index contributed by atoms with van der Waals surface area (Å²) < 4.78 is 34.0. The van der Waals surface area contributed by atoms with Crippen molar-refractivity contribution in [2.75, 3.05) is 47.5 Å². The number of esters is 2. The van der Waals surface area contributed by atoms with Crippen LogP contribution in [0, 0.1) is 0 Å². The van der Waals surface area contributed by atoms with E-state index in [0.717, 1.165) is 57.8 Å². The lowest BCUT2D eigenvalue weighted by atomic mass is 10.0. The van der Waals surface area contributed by atoms with Crippen molar-refractivity contribution in [1.29, 1.82) is 0 Å². The minimum atomic E-state index is -4.64. The second-order valence-corrected chi connectivity index (χ2v) is 19.2. The maximum Gasteiger partial charge on any atom is 0.306 e. The molecule has 0 bridgehead atoms. The molecule has 1 unspecified atom stereocenters. The number of phosphoric acid groups is 1. The Kier molecular flexibility index (Phi) is 42.3. The molecule has 0 saturated heterocycles. The van der Waals surface area contributed by atoms with Gasteiger partial charge in [-0.1, -0.05) is 203 Å². The van der Waals surface area contributed by atoms with Gasteiger partial charge >= 0.3 is 11.9 Å². The molecule has 0 radical (unpaired) electrons. The molecule has 0 aromatic carbocycles. The molecule has 360 valence electrons. The summed E-state index contributed by atoms with van der Waals surface area (Å²) in [5, 5.41) is 0. The summed E-state index contributed by atoms with van der Waals surface area (Å²) >= 11 is 0. The summed E-state index contributed by atoms with van der Waals surface area (Å²) in [6.07, 6.45) is 54.1. The number of phosphoric ester groups is 1. The zero-order valence-electron chi connectivity index (χ0n) is 40.6. The van der Waals surface area contributed by atoms with Gasteiger partial charge in [-0.15, -0.1) is 0 Å². The van der Waals surface area contributed by atoms with Crippen LogP contribution in [0.1, 0.15) is 206 Å². The van der Waals surface area contributed by atoms with Gasteiger partial charge in [-0.25, -0.2) is 0 Å². The Morgan fingerprint density at radius 3 is 1.35 bits per heavy atom. The summed E-state index contributed by atoms with van der Waals surface area (Å²) in [6.45, 7) is 4.07. The van der Waals surface area contributed by atoms with Crippen molar-refractivity contribution in [3.63, 3.8) is 0 Å². The van der Waals surface area contributed by atoms with Gasteiger partial charge in [-0.2, -0.15) is 0 Å². The first kappa shape index (κ1) is 59.7.